The number of amides is 1. The second kappa shape index (κ2) is 7.25. The molecule has 0 aromatic carbocycles. The predicted molar refractivity (Wildman–Crippen MR) is 96.1 cm³/mol. The second-order valence-corrected chi connectivity index (χ2v) is 8.04. The largest absolute Gasteiger partial charge is 0.331 e. The van der Waals surface area contributed by atoms with Crippen LogP contribution >= 0.6 is 0 Å². The molecule has 3 heteroatoms. The number of carbonyl (C=O) groups is 1. The van der Waals surface area contributed by atoms with Crippen molar-refractivity contribution >= 4 is 5.91 Å². The van der Waals surface area contributed by atoms with Crippen molar-refractivity contribution in [3.8, 4) is 0 Å². The first-order valence-corrected chi connectivity index (χ1v) is 10.1. The van der Waals surface area contributed by atoms with E-state index in [-0.39, 0.29) is 5.91 Å². The lowest BCUT2D eigenvalue weighted by molar-refractivity contribution is 0.0442. The molecule has 1 aromatic rings. The SMILES string of the molecule is O=C(c1cc(C2CC2)ccn1)N(C1CCCCC1)C1CCCCC1. The third-order valence-electron chi connectivity index (χ3n) is 6.22. The van der Waals surface area contributed by atoms with E-state index in [1.165, 1.54) is 82.6 Å². The predicted octanol–water partition coefficient (Wildman–Crippen LogP) is 5.07. The van der Waals surface area contributed by atoms with E-state index in [0.29, 0.717) is 23.7 Å². The van der Waals surface area contributed by atoms with Crippen LogP contribution in [-0.2, 0) is 0 Å². The molecule has 0 atom stereocenters. The normalized spacial score (nSPS) is 23.2. The molecule has 0 N–H and O–H groups in total. The van der Waals surface area contributed by atoms with E-state index in [9.17, 15) is 4.79 Å². The van der Waals surface area contributed by atoms with Gasteiger partial charge in [0.25, 0.3) is 5.91 Å². The lowest BCUT2D eigenvalue weighted by Gasteiger charge is -2.41. The molecular weight excluding hydrogens is 296 g/mol. The van der Waals surface area contributed by atoms with Crippen LogP contribution in [0.3, 0.4) is 0 Å². The second-order valence-electron chi connectivity index (χ2n) is 8.04. The molecular formula is C21H30N2O. The average molecular weight is 326 g/mol. The van der Waals surface area contributed by atoms with Gasteiger partial charge < -0.3 is 4.90 Å². The summed E-state index contributed by atoms with van der Waals surface area (Å²) in [4.78, 5) is 20.1. The van der Waals surface area contributed by atoms with Crippen LogP contribution in [0.2, 0.25) is 0 Å². The van der Waals surface area contributed by atoms with Crippen molar-refractivity contribution < 1.29 is 4.79 Å². The van der Waals surface area contributed by atoms with Crippen molar-refractivity contribution in [2.75, 3.05) is 0 Å². The van der Waals surface area contributed by atoms with Crippen LogP contribution in [-0.4, -0.2) is 27.9 Å². The molecule has 3 aliphatic rings. The Morgan fingerprint density at radius 2 is 1.46 bits per heavy atom. The van der Waals surface area contributed by atoms with E-state index >= 15 is 0 Å². The summed E-state index contributed by atoms with van der Waals surface area (Å²) in [7, 11) is 0. The number of hydrogen-bond donors (Lipinski definition) is 0. The Labute approximate surface area is 145 Å². The van der Waals surface area contributed by atoms with Crippen molar-refractivity contribution in [2.24, 2.45) is 0 Å². The molecule has 1 aromatic heterocycles. The van der Waals surface area contributed by atoms with Gasteiger partial charge in [0.1, 0.15) is 5.69 Å². The van der Waals surface area contributed by atoms with Crippen LogP contribution in [0.4, 0.5) is 0 Å². The highest BCUT2D eigenvalue weighted by molar-refractivity contribution is 5.93. The van der Waals surface area contributed by atoms with Gasteiger partial charge in [-0.05, 0) is 62.1 Å². The van der Waals surface area contributed by atoms with Crippen molar-refractivity contribution in [1.82, 2.24) is 9.88 Å². The summed E-state index contributed by atoms with van der Waals surface area (Å²) in [6, 6.07) is 5.07. The molecule has 24 heavy (non-hydrogen) atoms. The highest BCUT2D eigenvalue weighted by atomic mass is 16.2. The standard InChI is InChI=1S/C21H30N2O/c24-21(20-15-17(13-14-22-20)16-11-12-16)23(18-7-3-1-4-8-18)19-9-5-2-6-10-19/h13-16,18-19H,1-12H2. The van der Waals surface area contributed by atoms with E-state index in [0.717, 1.165) is 0 Å². The molecule has 3 aliphatic carbocycles. The molecule has 0 unspecified atom stereocenters. The van der Waals surface area contributed by atoms with Crippen LogP contribution in [0, 0.1) is 0 Å². The summed E-state index contributed by atoms with van der Waals surface area (Å²) in [5.74, 6) is 0.883. The van der Waals surface area contributed by atoms with Crippen molar-refractivity contribution in [3.63, 3.8) is 0 Å². The molecule has 130 valence electrons. The fourth-order valence-corrected chi connectivity index (χ4v) is 4.71. The molecule has 3 nitrogen and oxygen atoms in total. The minimum absolute atomic E-state index is 0.205. The van der Waals surface area contributed by atoms with Gasteiger partial charge in [0.15, 0.2) is 0 Å². The third-order valence-corrected chi connectivity index (χ3v) is 6.22. The van der Waals surface area contributed by atoms with Gasteiger partial charge in [-0.25, -0.2) is 0 Å². The summed E-state index contributed by atoms with van der Waals surface area (Å²) in [5.41, 5.74) is 2.01. The van der Waals surface area contributed by atoms with Gasteiger partial charge in [-0.2, -0.15) is 0 Å². The van der Waals surface area contributed by atoms with Gasteiger partial charge in [0.2, 0.25) is 0 Å². The average Bonchev–Trinajstić information content (AvgIpc) is 3.49. The van der Waals surface area contributed by atoms with E-state index < -0.39 is 0 Å². The maximum Gasteiger partial charge on any atom is 0.272 e. The topological polar surface area (TPSA) is 33.2 Å². The molecule has 1 amide bonds. The van der Waals surface area contributed by atoms with Crippen LogP contribution in [0.5, 0.6) is 0 Å². The zero-order valence-corrected chi connectivity index (χ0v) is 14.8. The smallest absolute Gasteiger partial charge is 0.272 e. The molecule has 0 aliphatic heterocycles. The summed E-state index contributed by atoms with van der Waals surface area (Å²) in [5, 5.41) is 0. The van der Waals surface area contributed by atoms with Gasteiger partial charge in [-0.15, -0.1) is 0 Å². The maximum absolute atomic E-state index is 13.4. The molecule has 0 radical (unpaired) electrons. The van der Waals surface area contributed by atoms with Crippen molar-refractivity contribution in [1.29, 1.82) is 0 Å². The summed E-state index contributed by atoms with van der Waals surface area (Å²) >= 11 is 0. The Balaban J connectivity index is 1.58. The number of hydrogen-bond acceptors (Lipinski definition) is 2. The fraction of sp³-hybridized carbons (Fsp3) is 0.714. The molecule has 1 heterocycles. The highest BCUT2D eigenvalue weighted by Crippen LogP contribution is 2.40. The number of rotatable bonds is 4. The number of pyridine rings is 1. The van der Waals surface area contributed by atoms with Crippen LogP contribution in [0.1, 0.15) is 99.0 Å². The highest BCUT2D eigenvalue weighted by Gasteiger charge is 2.34. The zero-order valence-electron chi connectivity index (χ0n) is 14.8. The maximum atomic E-state index is 13.4. The number of carbonyl (C=O) groups excluding carboxylic acids is 1. The van der Waals surface area contributed by atoms with Gasteiger partial charge in [0, 0.05) is 18.3 Å². The Hall–Kier alpha value is -1.38. The lowest BCUT2D eigenvalue weighted by atomic mass is 9.88. The Bertz CT molecular complexity index is 551. The molecule has 0 spiro atoms. The first kappa shape index (κ1) is 16.1. The molecule has 3 saturated carbocycles. The van der Waals surface area contributed by atoms with Crippen molar-refractivity contribution in [3.05, 3.63) is 29.6 Å². The Morgan fingerprint density at radius 3 is 2.00 bits per heavy atom. The first-order chi connectivity index (χ1) is 11.8. The minimum Gasteiger partial charge on any atom is -0.331 e. The van der Waals surface area contributed by atoms with Crippen LogP contribution in [0.15, 0.2) is 18.3 Å². The van der Waals surface area contributed by atoms with Gasteiger partial charge >= 0.3 is 0 Å². The fourth-order valence-electron chi connectivity index (χ4n) is 4.71. The van der Waals surface area contributed by atoms with Gasteiger partial charge in [-0.1, -0.05) is 38.5 Å². The number of aromatic nitrogens is 1. The van der Waals surface area contributed by atoms with Gasteiger partial charge in [-0.3, -0.25) is 9.78 Å². The van der Waals surface area contributed by atoms with E-state index in [2.05, 4.69) is 22.0 Å². The van der Waals surface area contributed by atoms with Gasteiger partial charge in [0.05, 0.1) is 0 Å². The third kappa shape index (κ3) is 3.50. The zero-order chi connectivity index (χ0) is 16.4. The monoisotopic (exact) mass is 326 g/mol. The first-order valence-electron chi connectivity index (χ1n) is 10.1. The van der Waals surface area contributed by atoms with Crippen LogP contribution < -0.4 is 0 Å². The Kier molecular flexibility index (Phi) is 4.86. The lowest BCUT2D eigenvalue weighted by Crippen LogP contribution is -2.49. The van der Waals surface area contributed by atoms with E-state index in [1.807, 2.05) is 6.20 Å². The summed E-state index contributed by atoms with van der Waals surface area (Å²) in [6.45, 7) is 0. The molecule has 3 fully saturated rings. The van der Waals surface area contributed by atoms with Crippen molar-refractivity contribution in [2.45, 2.75) is 95.1 Å². The summed E-state index contributed by atoms with van der Waals surface area (Å²) in [6.07, 6.45) is 16.9. The van der Waals surface area contributed by atoms with Crippen LogP contribution in [0.25, 0.3) is 0 Å². The number of nitrogens with zero attached hydrogens (tertiary/aromatic N) is 2. The molecule has 0 bridgehead atoms. The summed E-state index contributed by atoms with van der Waals surface area (Å²) < 4.78 is 0. The van der Waals surface area contributed by atoms with E-state index in [4.69, 9.17) is 0 Å². The Morgan fingerprint density at radius 1 is 0.875 bits per heavy atom. The minimum atomic E-state index is 0.205. The van der Waals surface area contributed by atoms with E-state index in [1.54, 1.807) is 0 Å². The quantitative estimate of drug-likeness (QED) is 0.774. The molecule has 0 saturated heterocycles. The molecule has 4 rings (SSSR count).